The monoisotopic (exact) mass is 500 g/mol. The first-order valence-corrected chi connectivity index (χ1v) is 11.1. The molecular weight excluding hydrogens is 480 g/mol. The Bertz CT molecular complexity index is 972. The van der Waals surface area contributed by atoms with Gasteiger partial charge < -0.3 is 15.8 Å². The molecule has 0 atom stereocenters. The van der Waals surface area contributed by atoms with E-state index >= 15 is 0 Å². The first-order valence-electron chi connectivity index (χ1n) is 8.22. The van der Waals surface area contributed by atoms with E-state index in [1.54, 1.807) is 41.3 Å². The van der Waals surface area contributed by atoms with Gasteiger partial charge in [0, 0.05) is 10.9 Å². The zero-order valence-electron chi connectivity index (χ0n) is 15.8. The quantitative estimate of drug-likeness (QED) is 0.416. The number of carbonyl (C=O) groups is 1. The summed E-state index contributed by atoms with van der Waals surface area (Å²) in [5, 5.41) is 5.96. The highest BCUT2D eigenvalue weighted by atomic mass is 79.9. The number of carbonyl (C=O) groups excluding carboxylic acids is 1. The van der Waals surface area contributed by atoms with Crippen molar-refractivity contribution in [2.24, 2.45) is 5.73 Å². The molecule has 0 saturated heterocycles. The topological polar surface area (TPSA) is 90.1 Å². The first-order chi connectivity index (χ1) is 12.9. The van der Waals surface area contributed by atoms with Crippen molar-refractivity contribution in [3.63, 3.8) is 0 Å². The highest BCUT2D eigenvalue weighted by molar-refractivity contribution is 8.93. The maximum Gasteiger partial charge on any atom is 0.248 e. The van der Waals surface area contributed by atoms with Crippen molar-refractivity contribution in [3.05, 3.63) is 34.8 Å². The van der Waals surface area contributed by atoms with Crippen LogP contribution in [-0.2, 0) is 0 Å². The Kier molecular flexibility index (Phi) is 7.87. The molecule has 0 saturated carbocycles. The summed E-state index contributed by atoms with van der Waals surface area (Å²) in [6.07, 6.45) is 2.01. The van der Waals surface area contributed by atoms with Crippen LogP contribution < -0.4 is 15.8 Å². The van der Waals surface area contributed by atoms with Gasteiger partial charge in [-0.05, 0) is 45.2 Å². The molecule has 3 aromatic rings. The van der Waals surface area contributed by atoms with E-state index in [2.05, 4.69) is 15.3 Å². The van der Waals surface area contributed by atoms with Crippen LogP contribution in [-0.4, -0.2) is 28.2 Å². The Hall–Kier alpha value is -1.62. The molecule has 0 bridgehead atoms. The molecule has 0 fully saturated rings. The number of amides is 1. The Balaban J connectivity index is 0.00000280. The van der Waals surface area contributed by atoms with Crippen molar-refractivity contribution in [2.45, 2.75) is 31.2 Å². The fourth-order valence-corrected chi connectivity index (χ4v) is 4.74. The maximum absolute atomic E-state index is 11.5. The summed E-state index contributed by atoms with van der Waals surface area (Å²) in [6, 6.07) is 5.09. The molecule has 3 rings (SSSR count). The first kappa shape index (κ1) is 22.7. The minimum absolute atomic E-state index is 0. The minimum atomic E-state index is -0.487. The third-order valence-electron chi connectivity index (χ3n) is 3.56. The van der Waals surface area contributed by atoms with Crippen molar-refractivity contribution in [2.75, 3.05) is 11.6 Å². The normalized spacial score (nSPS) is 10.6. The minimum Gasteiger partial charge on any atom is -0.489 e. The second kappa shape index (κ2) is 9.73. The summed E-state index contributed by atoms with van der Waals surface area (Å²) in [5.74, 6) is 0.157. The van der Waals surface area contributed by atoms with Gasteiger partial charge >= 0.3 is 0 Å². The molecule has 28 heavy (non-hydrogen) atoms. The Morgan fingerprint density at radius 3 is 2.68 bits per heavy atom. The molecule has 6 nitrogen and oxygen atoms in total. The number of nitrogens with two attached hydrogens (primary N) is 1. The molecule has 0 aliphatic rings. The molecule has 0 spiro atoms. The average Bonchev–Trinajstić information content (AvgIpc) is 3.22. The number of hydrogen-bond donors (Lipinski definition) is 2. The fourth-order valence-electron chi connectivity index (χ4n) is 2.38. The lowest BCUT2D eigenvalue weighted by atomic mass is 10.1. The summed E-state index contributed by atoms with van der Waals surface area (Å²) in [7, 11) is 0. The summed E-state index contributed by atoms with van der Waals surface area (Å²) in [5.41, 5.74) is 8.34. The van der Waals surface area contributed by atoms with Gasteiger partial charge in [-0.1, -0.05) is 11.8 Å². The molecule has 2 heterocycles. The predicted octanol–water partition coefficient (Wildman–Crippen LogP) is 5.50. The number of aryl methyl sites for hydroxylation is 1. The highest BCUT2D eigenvalue weighted by Gasteiger charge is 2.15. The van der Waals surface area contributed by atoms with Crippen LogP contribution in [0.4, 0.5) is 10.8 Å². The number of aromatic nitrogens is 2. The second-order valence-corrected chi connectivity index (χ2v) is 8.91. The van der Waals surface area contributed by atoms with Gasteiger partial charge in [-0.25, -0.2) is 9.97 Å². The molecule has 3 N–H and O–H groups in total. The lowest BCUT2D eigenvalue weighted by molar-refractivity contribution is 0.100. The van der Waals surface area contributed by atoms with Crippen LogP contribution in [0.15, 0.2) is 27.9 Å². The molecule has 0 radical (unpaired) electrons. The van der Waals surface area contributed by atoms with E-state index in [9.17, 15) is 4.79 Å². The van der Waals surface area contributed by atoms with Gasteiger partial charge in [0.15, 0.2) is 9.47 Å². The number of halogens is 1. The van der Waals surface area contributed by atoms with E-state index in [4.69, 9.17) is 10.5 Å². The number of rotatable bonds is 7. The van der Waals surface area contributed by atoms with Gasteiger partial charge in [-0.2, -0.15) is 0 Å². The molecule has 10 heteroatoms. The number of primary amides is 1. The largest absolute Gasteiger partial charge is 0.489 e. The summed E-state index contributed by atoms with van der Waals surface area (Å²) in [6.45, 7) is 5.88. The molecule has 0 unspecified atom stereocenters. The standard InChI is InChI=1S/C18H20N4O2S3.BrH/c1-9(2)24-14-6-5-11(16(19)23)7-12(14)21-17-22-13(8-26-17)15-10(3)20-18(25-4)27-15;/h5-9H,1-4H3,(H2,19,23)(H,21,22);1H. The van der Waals surface area contributed by atoms with Crippen LogP contribution in [0.5, 0.6) is 5.75 Å². The van der Waals surface area contributed by atoms with Gasteiger partial charge in [0.2, 0.25) is 5.91 Å². The second-order valence-electron chi connectivity index (χ2n) is 6.00. The van der Waals surface area contributed by atoms with Gasteiger partial charge in [0.25, 0.3) is 0 Å². The molecular formula is C18H21BrN4O2S3. The molecule has 2 aromatic heterocycles. The van der Waals surface area contributed by atoms with Crippen molar-refractivity contribution in [3.8, 4) is 16.3 Å². The fraction of sp³-hybridized carbons (Fsp3) is 0.278. The van der Waals surface area contributed by atoms with Crippen molar-refractivity contribution in [1.29, 1.82) is 0 Å². The maximum atomic E-state index is 11.5. The zero-order chi connectivity index (χ0) is 19.6. The predicted molar refractivity (Wildman–Crippen MR) is 124 cm³/mol. The Labute approximate surface area is 186 Å². The van der Waals surface area contributed by atoms with Crippen molar-refractivity contribution >= 4 is 68.1 Å². The number of benzene rings is 1. The molecule has 1 aromatic carbocycles. The van der Waals surface area contributed by atoms with E-state index < -0.39 is 5.91 Å². The van der Waals surface area contributed by atoms with E-state index in [1.807, 2.05) is 32.4 Å². The molecule has 150 valence electrons. The highest BCUT2D eigenvalue weighted by Crippen LogP contribution is 2.37. The van der Waals surface area contributed by atoms with E-state index in [0.717, 1.165) is 20.6 Å². The summed E-state index contributed by atoms with van der Waals surface area (Å²) in [4.78, 5) is 21.8. The van der Waals surface area contributed by atoms with E-state index in [-0.39, 0.29) is 23.1 Å². The molecule has 0 aliphatic carbocycles. The third-order valence-corrected chi connectivity index (χ3v) is 6.48. The van der Waals surface area contributed by atoms with E-state index in [0.29, 0.717) is 22.1 Å². The SMILES string of the molecule is Br.CSc1nc(C)c(-c2csc(Nc3cc(C(N)=O)ccc3OC(C)C)n2)s1. The van der Waals surface area contributed by atoms with Crippen LogP contribution in [0.3, 0.4) is 0 Å². The van der Waals surface area contributed by atoms with Gasteiger partial charge in [0.05, 0.1) is 28.1 Å². The van der Waals surface area contributed by atoms with Crippen LogP contribution in [0.1, 0.15) is 29.9 Å². The number of ether oxygens (including phenoxy) is 1. The van der Waals surface area contributed by atoms with Crippen molar-refractivity contribution < 1.29 is 9.53 Å². The smallest absolute Gasteiger partial charge is 0.248 e. The average molecular weight is 501 g/mol. The number of nitrogens with zero attached hydrogens (tertiary/aromatic N) is 2. The zero-order valence-corrected chi connectivity index (χ0v) is 20.0. The summed E-state index contributed by atoms with van der Waals surface area (Å²) >= 11 is 4.74. The number of anilines is 2. The van der Waals surface area contributed by atoms with Crippen LogP contribution in [0.2, 0.25) is 0 Å². The third kappa shape index (κ3) is 5.25. The van der Waals surface area contributed by atoms with E-state index in [1.165, 1.54) is 11.3 Å². The Morgan fingerprint density at radius 2 is 2.07 bits per heavy atom. The Morgan fingerprint density at radius 1 is 1.32 bits per heavy atom. The number of hydrogen-bond acceptors (Lipinski definition) is 8. The molecule has 1 amide bonds. The lowest BCUT2D eigenvalue weighted by Gasteiger charge is -2.15. The number of nitrogens with one attached hydrogen (secondary N) is 1. The van der Waals surface area contributed by atoms with Gasteiger partial charge in [-0.15, -0.1) is 39.7 Å². The van der Waals surface area contributed by atoms with Gasteiger partial charge in [-0.3, -0.25) is 4.79 Å². The number of thiazole rings is 2. The lowest BCUT2D eigenvalue weighted by Crippen LogP contribution is -2.12. The van der Waals surface area contributed by atoms with Gasteiger partial charge in [0.1, 0.15) is 5.75 Å². The van der Waals surface area contributed by atoms with Crippen LogP contribution >= 0.6 is 51.4 Å². The molecule has 0 aliphatic heterocycles. The summed E-state index contributed by atoms with van der Waals surface area (Å²) < 4.78 is 6.85. The number of thioether (sulfide) groups is 1. The van der Waals surface area contributed by atoms with Crippen LogP contribution in [0, 0.1) is 6.92 Å². The van der Waals surface area contributed by atoms with Crippen LogP contribution in [0.25, 0.3) is 10.6 Å². The van der Waals surface area contributed by atoms with Crippen molar-refractivity contribution in [1.82, 2.24) is 9.97 Å².